The van der Waals surface area contributed by atoms with Crippen molar-refractivity contribution in [3.05, 3.63) is 47.1 Å². The zero-order valence-electron chi connectivity index (χ0n) is 12.3. The van der Waals surface area contributed by atoms with E-state index >= 15 is 0 Å². The largest absolute Gasteiger partial charge is 0.418 e. The predicted octanol–water partition coefficient (Wildman–Crippen LogP) is 4.85. The molecule has 1 aliphatic carbocycles. The van der Waals surface area contributed by atoms with Gasteiger partial charge >= 0.3 is 6.18 Å². The molecule has 3 rings (SSSR count). The monoisotopic (exact) mass is 355 g/mol. The van der Waals surface area contributed by atoms with E-state index in [0.29, 0.717) is 11.5 Å². The molecule has 1 saturated carbocycles. The highest BCUT2D eigenvalue weighted by atomic mass is 35.5. The Labute approximate surface area is 141 Å². The van der Waals surface area contributed by atoms with Gasteiger partial charge in [0.1, 0.15) is 5.82 Å². The highest BCUT2D eigenvalue weighted by molar-refractivity contribution is 6.30. The second-order valence-corrected chi connectivity index (χ2v) is 5.94. The highest BCUT2D eigenvalue weighted by Crippen LogP contribution is 2.37. The number of alkyl halides is 3. The molecule has 1 fully saturated rings. The summed E-state index contributed by atoms with van der Waals surface area (Å²) in [6.45, 7) is 0. The van der Waals surface area contributed by atoms with E-state index < -0.39 is 11.7 Å². The number of amides is 1. The molecule has 4 nitrogen and oxygen atoms in total. The van der Waals surface area contributed by atoms with Gasteiger partial charge in [0.05, 0.1) is 23.1 Å². The second kappa shape index (κ2) is 6.32. The molecule has 0 bridgehead atoms. The minimum Gasteiger partial charge on any atom is -0.354 e. The highest BCUT2D eigenvalue weighted by Gasteiger charge is 2.34. The van der Waals surface area contributed by atoms with Crippen molar-refractivity contribution in [1.29, 1.82) is 0 Å². The number of rotatable bonds is 4. The molecule has 0 saturated heterocycles. The predicted molar refractivity (Wildman–Crippen MR) is 85.3 cm³/mol. The topological polar surface area (TPSA) is 54.0 Å². The molecule has 1 amide bonds. The number of nitrogens with one attached hydrogen (secondary N) is 2. The fourth-order valence-corrected chi connectivity index (χ4v) is 2.30. The Morgan fingerprint density at radius 1 is 1.21 bits per heavy atom. The first-order chi connectivity index (χ1) is 11.3. The molecule has 0 radical (unpaired) electrons. The van der Waals surface area contributed by atoms with Crippen LogP contribution in [0.4, 0.5) is 30.4 Å². The van der Waals surface area contributed by atoms with Crippen LogP contribution in [0, 0.1) is 5.92 Å². The third kappa shape index (κ3) is 3.97. The van der Waals surface area contributed by atoms with E-state index in [1.54, 1.807) is 6.07 Å². The van der Waals surface area contributed by atoms with Crippen molar-refractivity contribution in [3.8, 4) is 0 Å². The maximum atomic E-state index is 13.1. The number of aromatic nitrogens is 1. The Morgan fingerprint density at radius 3 is 2.54 bits per heavy atom. The summed E-state index contributed by atoms with van der Waals surface area (Å²) in [5.74, 6) is 0.331. The van der Waals surface area contributed by atoms with Gasteiger partial charge in [-0.2, -0.15) is 13.2 Å². The first-order valence-corrected chi connectivity index (χ1v) is 7.61. The molecule has 2 N–H and O–H groups in total. The summed E-state index contributed by atoms with van der Waals surface area (Å²) >= 11 is 5.65. The Kier molecular flexibility index (Phi) is 4.36. The average Bonchev–Trinajstić information content (AvgIpc) is 3.35. The number of hydrogen-bond donors (Lipinski definition) is 2. The van der Waals surface area contributed by atoms with Gasteiger partial charge in [0.2, 0.25) is 5.91 Å². The van der Waals surface area contributed by atoms with Crippen LogP contribution < -0.4 is 10.6 Å². The van der Waals surface area contributed by atoms with Crippen LogP contribution in [0.25, 0.3) is 0 Å². The number of hydrogen-bond acceptors (Lipinski definition) is 3. The summed E-state index contributed by atoms with van der Waals surface area (Å²) in [6, 6.07) is 6.57. The summed E-state index contributed by atoms with van der Waals surface area (Å²) in [4.78, 5) is 15.7. The number of pyridine rings is 1. The first-order valence-electron chi connectivity index (χ1n) is 7.23. The van der Waals surface area contributed by atoms with Crippen molar-refractivity contribution in [2.24, 2.45) is 5.92 Å². The van der Waals surface area contributed by atoms with E-state index in [2.05, 4.69) is 15.6 Å². The molecule has 1 aromatic heterocycles. The van der Waals surface area contributed by atoms with Crippen LogP contribution >= 0.6 is 11.6 Å². The summed E-state index contributed by atoms with van der Waals surface area (Å²) in [5.41, 5.74) is -0.614. The molecule has 0 aliphatic heterocycles. The standard InChI is InChI=1S/C16H13ClF3N3O/c17-10-3-5-13(12(7-10)16(18,19)20)22-11-4-6-14(21-8-11)23-15(24)9-1-2-9/h3-9,22H,1-2H2,(H,21,23,24). The quantitative estimate of drug-likeness (QED) is 0.824. The number of halogens is 4. The number of benzene rings is 1. The van der Waals surface area contributed by atoms with Gasteiger partial charge in [-0.3, -0.25) is 4.79 Å². The lowest BCUT2D eigenvalue weighted by Gasteiger charge is -2.15. The third-order valence-electron chi connectivity index (χ3n) is 3.53. The van der Waals surface area contributed by atoms with Gasteiger partial charge < -0.3 is 10.6 Å². The van der Waals surface area contributed by atoms with Crippen LogP contribution in [0.5, 0.6) is 0 Å². The van der Waals surface area contributed by atoms with Crippen molar-refractivity contribution >= 4 is 34.7 Å². The van der Waals surface area contributed by atoms with Crippen LogP contribution in [0.3, 0.4) is 0 Å². The van der Waals surface area contributed by atoms with Gasteiger partial charge in [-0.25, -0.2) is 4.98 Å². The summed E-state index contributed by atoms with van der Waals surface area (Å²) in [7, 11) is 0. The number of nitrogens with zero attached hydrogens (tertiary/aromatic N) is 1. The van der Waals surface area contributed by atoms with Crippen LogP contribution in [-0.2, 0) is 11.0 Å². The molecule has 0 atom stereocenters. The van der Waals surface area contributed by atoms with Crippen LogP contribution in [0.2, 0.25) is 5.02 Å². The minimum atomic E-state index is -4.53. The lowest BCUT2D eigenvalue weighted by molar-refractivity contribution is -0.136. The lowest BCUT2D eigenvalue weighted by Crippen LogP contribution is -2.14. The molecular weight excluding hydrogens is 343 g/mol. The lowest BCUT2D eigenvalue weighted by atomic mass is 10.1. The van der Waals surface area contributed by atoms with Gasteiger partial charge in [0.15, 0.2) is 0 Å². The van der Waals surface area contributed by atoms with E-state index in [9.17, 15) is 18.0 Å². The van der Waals surface area contributed by atoms with Gasteiger partial charge in [0.25, 0.3) is 0 Å². The van der Waals surface area contributed by atoms with Gasteiger partial charge in [-0.1, -0.05) is 11.6 Å². The molecular formula is C16H13ClF3N3O. The van der Waals surface area contributed by atoms with E-state index in [4.69, 9.17) is 11.6 Å². The number of carbonyl (C=O) groups excluding carboxylic acids is 1. The molecule has 0 unspecified atom stereocenters. The van der Waals surface area contributed by atoms with Crippen molar-refractivity contribution in [2.75, 3.05) is 10.6 Å². The third-order valence-corrected chi connectivity index (χ3v) is 3.76. The molecule has 1 aromatic carbocycles. The number of carbonyl (C=O) groups is 1. The second-order valence-electron chi connectivity index (χ2n) is 5.51. The summed E-state index contributed by atoms with van der Waals surface area (Å²) in [6.07, 6.45) is -1.42. The maximum Gasteiger partial charge on any atom is 0.418 e. The van der Waals surface area contributed by atoms with Crippen LogP contribution in [0.15, 0.2) is 36.5 Å². The molecule has 0 spiro atoms. The van der Waals surface area contributed by atoms with Gasteiger partial charge in [-0.15, -0.1) is 0 Å². The minimum absolute atomic E-state index is 0.00383. The SMILES string of the molecule is O=C(Nc1ccc(Nc2ccc(Cl)cc2C(F)(F)F)cn1)C1CC1. The van der Waals surface area contributed by atoms with E-state index in [0.717, 1.165) is 18.9 Å². The van der Waals surface area contributed by atoms with E-state index in [1.165, 1.54) is 24.4 Å². The van der Waals surface area contributed by atoms with Crippen molar-refractivity contribution < 1.29 is 18.0 Å². The first kappa shape index (κ1) is 16.6. The molecule has 126 valence electrons. The Balaban J connectivity index is 1.75. The Morgan fingerprint density at radius 2 is 1.96 bits per heavy atom. The molecule has 24 heavy (non-hydrogen) atoms. The average molecular weight is 356 g/mol. The van der Waals surface area contributed by atoms with Crippen LogP contribution in [-0.4, -0.2) is 10.9 Å². The smallest absolute Gasteiger partial charge is 0.354 e. The normalized spacial score (nSPS) is 14.3. The van der Waals surface area contributed by atoms with E-state index in [1.807, 2.05) is 0 Å². The van der Waals surface area contributed by atoms with Crippen molar-refractivity contribution in [1.82, 2.24) is 4.98 Å². The zero-order chi connectivity index (χ0) is 17.3. The van der Waals surface area contributed by atoms with Crippen molar-refractivity contribution in [2.45, 2.75) is 19.0 Å². The molecule has 2 aromatic rings. The fraction of sp³-hybridized carbons (Fsp3) is 0.250. The maximum absolute atomic E-state index is 13.1. The number of anilines is 3. The Hall–Kier alpha value is -2.28. The van der Waals surface area contributed by atoms with E-state index in [-0.39, 0.29) is 22.5 Å². The zero-order valence-corrected chi connectivity index (χ0v) is 13.1. The molecule has 1 heterocycles. The fourth-order valence-electron chi connectivity index (χ4n) is 2.13. The van der Waals surface area contributed by atoms with Gasteiger partial charge in [0, 0.05) is 10.9 Å². The van der Waals surface area contributed by atoms with Gasteiger partial charge in [-0.05, 0) is 43.2 Å². The molecule has 8 heteroatoms. The summed E-state index contributed by atoms with van der Waals surface area (Å²) in [5, 5.41) is 5.33. The molecule has 1 aliphatic rings. The van der Waals surface area contributed by atoms with Crippen molar-refractivity contribution in [3.63, 3.8) is 0 Å². The Bertz CT molecular complexity index is 758. The van der Waals surface area contributed by atoms with Crippen LogP contribution in [0.1, 0.15) is 18.4 Å². The summed E-state index contributed by atoms with van der Waals surface area (Å²) < 4.78 is 39.2.